The first-order valence-corrected chi connectivity index (χ1v) is 7.51. The smallest absolute Gasteiger partial charge is 0.254 e. The summed E-state index contributed by atoms with van der Waals surface area (Å²) >= 11 is 0. The molecule has 116 valence electrons. The highest BCUT2D eigenvalue weighted by molar-refractivity contribution is 5.94. The fourth-order valence-corrected chi connectivity index (χ4v) is 2.31. The number of ether oxygens (including phenoxy) is 1. The summed E-state index contributed by atoms with van der Waals surface area (Å²) in [5.41, 5.74) is 4.19. The SMILES string of the molecule is COCCN(Cc1ccccc1)C(=O)c1ccc(C)c(C)c1. The predicted octanol–water partition coefficient (Wildman–Crippen LogP) is 3.59. The average molecular weight is 297 g/mol. The predicted molar refractivity (Wildman–Crippen MR) is 89.0 cm³/mol. The van der Waals surface area contributed by atoms with Crippen molar-refractivity contribution in [1.29, 1.82) is 0 Å². The number of nitrogens with zero attached hydrogens (tertiary/aromatic N) is 1. The molecule has 0 bridgehead atoms. The molecule has 0 radical (unpaired) electrons. The summed E-state index contributed by atoms with van der Waals surface area (Å²) in [6.45, 7) is 5.79. The Morgan fingerprint density at radius 3 is 2.41 bits per heavy atom. The second kappa shape index (κ2) is 7.76. The molecule has 3 heteroatoms. The standard InChI is InChI=1S/C19H23NO2/c1-15-9-10-18(13-16(15)2)19(21)20(11-12-22-3)14-17-7-5-4-6-8-17/h4-10,13H,11-12,14H2,1-3H3. The molecule has 0 aliphatic carbocycles. The van der Waals surface area contributed by atoms with Gasteiger partial charge in [0, 0.05) is 25.8 Å². The van der Waals surface area contributed by atoms with Crippen molar-refractivity contribution in [2.24, 2.45) is 0 Å². The van der Waals surface area contributed by atoms with Crippen LogP contribution in [0, 0.1) is 13.8 Å². The van der Waals surface area contributed by atoms with Crippen LogP contribution in [0.25, 0.3) is 0 Å². The number of hydrogen-bond acceptors (Lipinski definition) is 2. The third-order valence-electron chi connectivity index (χ3n) is 3.82. The van der Waals surface area contributed by atoms with E-state index in [1.807, 2.05) is 60.4 Å². The highest BCUT2D eigenvalue weighted by Gasteiger charge is 2.16. The molecule has 0 fully saturated rings. The van der Waals surface area contributed by atoms with Crippen molar-refractivity contribution in [2.45, 2.75) is 20.4 Å². The molecule has 0 aliphatic rings. The van der Waals surface area contributed by atoms with Gasteiger partial charge in [-0.3, -0.25) is 4.79 Å². The molecule has 0 N–H and O–H groups in total. The van der Waals surface area contributed by atoms with Crippen molar-refractivity contribution in [3.05, 3.63) is 70.8 Å². The molecule has 1 amide bonds. The number of aryl methyl sites for hydroxylation is 2. The zero-order chi connectivity index (χ0) is 15.9. The molecule has 2 rings (SSSR count). The molecular weight excluding hydrogens is 274 g/mol. The largest absolute Gasteiger partial charge is 0.383 e. The average Bonchev–Trinajstić information content (AvgIpc) is 2.54. The van der Waals surface area contributed by atoms with E-state index in [0.717, 1.165) is 16.7 Å². The van der Waals surface area contributed by atoms with Crippen LogP contribution in [0.2, 0.25) is 0 Å². The number of hydrogen-bond donors (Lipinski definition) is 0. The van der Waals surface area contributed by atoms with E-state index in [2.05, 4.69) is 6.92 Å². The normalized spacial score (nSPS) is 10.5. The lowest BCUT2D eigenvalue weighted by atomic mass is 10.1. The van der Waals surface area contributed by atoms with Crippen molar-refractivity contribution >= 4 is 5.91 Å². The van der Waals surface area contributed by atoms with Gasteiger partial charge in [0.15, 0.2) is 0 Å². The lowest BCUT2D eigenvalue weighted by Crippen LogP contribution is -2.33. The maximum atomic E-state index is 12.8. The topological polar surface area (TPSA) is 29.5 Å². The van der Waals surface area contributed by atoms with E-state index in [-0.39, 0.29) is 5.91 Å². The van der Waals surface area contributed by atoms with E-state index in [4.69, 9.17) is 4.74 Å². The number of methoxy groups -OCH3 is 1. The van der Waals surface area contributed by atoms with Gasteiger partial charge in [0.1, 0.15) is 0 Å². The maximum Gasteiger partial charge on any atom is 0.254 e. The molecule has 0 spiro atoms. The van der Waals surface area contributed by atoms with Gasteiger partial charge < -0.3 is 9.64 Å². The molecule has 0 aromatic heterocycles. The van der Waals surface area contributed by atoms with Crippen LogP contribution in [-0.4, -0.2) is 31.1 Å². The van der Waals surface area contributed by atoms with Crippen LogP contribution in [0.5, 0.6) is 0 Å². The Morgan fingerprint density at radius 2 is 1.77 bits per heavy atom. The Bertz CT molecular complexity index is 623. The second-order valence-corrected chi connectivity index (χ2v) is 5.50. The fourth-order valence-electron chi connectivity index (χ4n) is 2.31. The number of amides is 1. The van der Waals surface area contributed by atoms with Crippen LogP contribution < -0.4 is 0 Å². The number of carbonyl (C=O) groups excluding carboxylic acids is 1. The van der Waals surface area contributed by atoms with E-state index in [1.165, 1.54) is 5.56 Å². The van der Waals surface area contributed by atoms with Gasteiger partial charge in [-0.1, -0.05) is 36.4 Å². The first-order valence-electron chi connectivity index (χ1n) is 7.51. The van der Waals surface area contributed by atoms with Gasteiger partial charge in [0.25, 0.3) is 5.91 Å². The van der Waals surface area contributed by atoms with E-state index in [0.29, 0.717) is 19.7 Å². The quantitative estimate of drug-likeness (QED) is 0.815. The van der Waals surface area contributed by atoms with Gasteiger partial charge in [-0.2, -0.15) is 0 Å². The molecule has 2 aromatic rings. The van der Waals surface area contributed by atoms with E-state index in [9.17, 15) is 4.79 Å². The zero-order valence-electron chi connectivity index (χ0n) is 13.5. The van der Waals surface area contributed by atoms with E-state index >= 15 is 0 Å². The Labute approximate surface area is 132 Å². The summed E-state index contributed by atoms with van der Waals surface area (Å²) in [6, 6.07) is 15.9. The Morgan fingerprint density at radius 1 is 1.05 bits per heavy atom. The van der Waals surface area contributed by atoms with E-state index in [1.54, 1.807) is 7.11 Å². The third-order valence-corrected chi connectivity index (χ3v) is 3.82. The molecule has 0 aliphatic heterocycles. The molecule has 0 saturated carbocycles. The van der Waals surface area contributed by atoms with Crippen LogP contribution in [0.4, 0.5) is 0 Å². The van der Waals surface area contributed by atoms with Crippen LogP contribution in [-0.2, 0) is 11.3 Å². The van der Waals surface area contributed by atoms with Crippen molar-refractivity contribution in [3.8, 4) is 0 Å². The van der Waals surface area contributed by atoms with E-state index < -0.39 is 0 Å². The van der Waals surface area contributed by atoms with Gasteiger partial charge in [-0.25, -0.2) is 0 Å². The van der Waals surface area contributed by atoms with Crippen molar-refractivity contribution < 1.29 is 9.53 Å². The molecule has 0 atom stereocenters. The molecule has 22 heavy (non-hydrogen) atoms. The molecule has 3 nitrogen and oxygen atoms in total. The fraction of sp³-hybridized carbons (Fsp3) is 0.316. The highest BCUT2D eigenvalue weighted by atomic mass is 16.5. The van der Waals surface area contributed by atoms with Crippen LogP contribution in [0.15, 0.2) is 48.5 Å². The van der Waals surface area contributed by atoms with Crippen LogP contribution in [0.3, 0.4) is 0 Å². The zero-order valence-corrected chi connectivity index (χ0v) is 13.5. The Kier molecular flexibility index (Phi) is 5.73. The summed E-state index contributed by atoms with van der Waals surface area (Å²) < 4.78 is 5.15. The van der Waals surface area contributed by atoms with Crippen molar-refractivity contribution in [1.82, 2.24) is 4.90 Å². The Hall–Kier alpha value is -2.13. The van der Waals surface area contributed by atoms with Crippen LogP contribution >= 0.6 is 0 Å². The molecular formula is C19H23NO2. The van der Waals surface area contributed by atoms with Gasteiger partial charge in [-0.05, 0) is 42.7 Å². The van der Waals surface area contributed by atoms with Gasteiger partial charge in [0.05, 0.1) is 6.61 Å². The summed E-state index contributed by atoms with van der Waals surface area (Å²) in [6.07, 6.45) is 0. The number of carbonyl (C=O) groups is 1. The molecule has 2 aromatic carbocycles. The summed E-state index contributed by atoms with van der Waals surface area (Å²) in [7, 11) is 1.65. The minimum absolute atomic E-state index is 0.0454. The van der Waals surface area contributed by atoms with Gasteiger partial charge >= 0.3 is 0 Å². The second-order valence-electron chi connectivity index (χ2n) is 5.50. The van der Waals surface area contributed by atoms with Crippen LogP contribution in [0.1, 0.15) is 27.0 Å². The molecule has 0 heterocycles. The Balaban J connectivity index is 2.19. The summed E-state index contributed by atoms with van der Waals surface area (Å²) in [5.74, 6) is 0.0454. The maximum absolute atomic E-state index is 12.8. The first kappa shape index (κ1) is 16.2. The monoisotopic (exact) mass is 297 g/mol. The molecule has 0 unspecified atom stereocenters. The number of benzene rings is 2. The van der Waals surface area contributed by atoms with Gasteiger partial charge in [-0.15, -0.1) is 0 Å². The minimum atomic E-state index is 0.0454. The minimum Gasteiger partial charge on any atom is -0.383 e. The lowest BCUT2D eigenvalue weighted by Gasteiger charge is -2.23. The van der Waals surface area contributed by atoms with Crippen molar-refractivity contribution in [3.63, 3.8) is 0 Å². The first-order chi connectivity index (χ1) is 10.6. The summed E-state index contributed by atoms with van der Waals surface area (Å²) in [5, 5.41) is 0. The summed E-state index contributed by atoms with van der Waals surface area (Å²) in [4.78, 5) is 14.6. The third kappa shape index (κ3) is 4.18. The number of rotatable bonds is 6. The highest BCUT2D eigenvalue weighted by Crippen LogP contribution is 2.14. The van der Waals surface area contributed by atoms with Crippen molar-refractivity contribution in [2.75, 3.05) is 20.3 Å². The molecule has 0 saturated heterocycles. The van der Waals surface area contributed by atoms with Gasteiger partial charge in [0.2, 0.25) is 0 Å². The lowest BCUT2D eigenvalue weighted by molar-refractivity contribution is 0.0680.